The summed E-state index contributed by atoms with van der Waals surface area (Å²) in [6.45, 7) is 5.72. The summed E-state index contributed by atoms with van der Waals surface area (Å²) < 4.78 is 33.9. The molecule has 26 heavy (non-hydrogen) atoms. The van der Waals surface area contributed by atoms with Crippen LogP contribution >= 0.6 is 0 Å². The molecule has 0 bridgehead atoms. The van der Waals surface area contributed by atoms with E-state index in [1.165, 1.54) is 0 Å². The topological polar surface area (TPSA) is 87.7 Å². The Kier molecular flexibility index (Phi) is 6.29. The maximum atomic E-state index is 12.8. The minimum atomic E-state index is -3.60. The van der Waals surface area contributed by atoms with Gasteiger partial charge in [0.2, 0.25) is 15.9 Å². The Morgan fingerprint density at radius 3 is 2.77 bits per heavy atom. The van der Waals surface area contributed by atoms with Crippen LogP contribution in [0, 0.1) is 0 Å². The number of benzene rings is 1. The number of carbonyl (C=O) groups excluding carboxylic acids is 1. The highest BCUT2D eigenvalue weighted by Gasteiger charge is 2.23. The molecule has 2 heterocycles. The largest absolute Gasteiger partial charge is 0.379 e. The molecule has 2 N–H and O–H groups in total. The van der Waals surface area contributed by atoms with Gasteiger partial charge in [-0.1, -0.05) is 6.92 Å². The highest BCUT2D eigenvalue weighted by molar-refractivity contribution is 7.89. The van der Waals surface area contributed by atoms with E-state index in [-0.39, 0.29) is 16.8 Å². The zero-order valence-corrected chi connectivity index (χ0v) is 16.0. The molecule has 1 amide bonds. The summed E-state index contributed by atoms with van der Waals surface area (Å²) in [7, 11) is -3.60. The third kappa shape index (κ3) is 4.82. The van der Waals surface area contributed by atoms with Crippen molar-refractivity contribution in [3.8, 4) is 0 Å². The second-order valence-corrected chi connectivity index (χ2v) is 8.57. The Bertz CT molecular complexity index is 745. The lowest BCUT2D eigenvalue weighted by Crippen LogP contribution is -2.47. The van der Waals surface area contributed by atoms with Gasteiger partial charge < -0.3 is 10.1 Å². The number of nitrogens with zero attached hydrogens (tertiary/aromatic N) is 1. The molecule has 0 unspecified atom stereocenters. The van der Waals surface area contributed by atoms with Crippen LogP contribution in [0.5, 0.6) is 0 Å². The fraction of sp³-hybridized carbons (Fsp3) is 0.611. The molecule has 8 heteroatoms. The first kappa shape index (κ1) is 19.3. The molecule has 0 spiro atoms. The molecule has 2 aliphatic heterocycles. The number of rotatable bonds is 6. The monoisotopic (exact) mass is 381 g/mol. The highest BCUT2D eigenvalue weighted by Crippen LogP contribution is 2.25. The van der Waals surface area contributed by atoms with Gasteiger partial charge >= 0.3 is 0 Å². The quantitative estimate of drug-likeness (QED) is 0.777. The van der Waals surface area contributed by atoms with Crippen molar-refractivity contribution >= 4 is 21.6 Å². The van der Waals surface area contributed by atoms with E-state index < -0.39 is 10.0 Å². The number of fused-ring (bicyclic) bond motifs is 1. The van der Waals surface area contributed by atoms with Gasteiger partial charge in [0.25, 0.3) is 0 Å². The maximum absolute atomic E-state index is 12.8. The number of morpholine rings is 1. The summed E-state index contributed by atoms with van der Waals surface area (Å²) in [6.07, 6.45) is 2.61. The van der Waals surface area contributed by atoms with Crippen LogP contribution in [0.3, 0.4) is 0 Å². The van der Waals surface area contributed by atoms with Crippen molar-refractivity contribution in [2.24, 2.45) is 0 Å². The van der Waals surface area contributed by atoms with E-state index in [2.05, 4.69) is 14.9 Å². The summed E-state index contributed by atoms with van der Waals surface area (Å²) in [5, 5.41) is 2.83. The summed E-state index contributed by atoms with van der Waals surface area (Å²) in [6, 6.07) is 4.80. The van der Waals surface area contributed by atoms with Gasteiger partial charge in [-0.3, -0.25) is 9.69 Å². The molecule has 144 valence electrons. The van der Waals surface area contributed by atoms with Crippen molar-refractivity contribution in [3.63, 3.8) is 0 Å². The smallest absolute Gasteiger partial charge is 0.240 e. The molecule has 0 radical (unpaired) electrons. The number of sulfonamides is 1. The van der Waals surface area contributed by atoms with Crippen LogP contribution in [0.2, 0.25) is 0 Å². The Morgan fingerprint density at radius 1 is 1.27 bits per heavy atom. The van der Waals surface area contributed by atoms with E-state index in [0.717, 1.165) is 31.5 Å². The van der Waals surface area contributed by atoms with Gasteiger partial charge in [-0.15, -0.1) is 0 Å². The molecule has 1 aromatic carbocycles. The van der Waals surface area contributed by atoms with E-state index in [4.69, 9.17) is 4.74 Å². The zero-order valence-electron chi connectivity index (χ0n) is 15.2. The average Bonchev–Trinajstić information content (AvgIpc) is 2.81. The molecule has 0 aliphatic carbocycles. The fourth-order valence-electron chi connectivity index (χ4n) is 3.35. The van der Waals surface area contributed by atoms with Crippen molar-refractivity contribution in [1.82, 2.24) is 9.62 Å². The van der Waals surface area contributed by atoms with Crippen molar-refractivity contribution in [2.45, 2.75) is 43.5 Å². The van der Waals surface area contributed by atoms with Gasteiger partial charge in [0.05, 0.1) is 18.1 Å². The second-order valence-electron chi connectivity index (χ2n) is 6.86. The third-order valence-electron chi connectivity index (χ3n) is 4.91. The number of hydrogen-bond donors (Lipinski definition) is 2. The molecule has 2 aliphatic rings. The van der Waals surface area contributed by atoms with Crippen molar-refractivity contribution in [1.29, 1.82) is 0 Å². The molecule has 1 saturated heterocycles. The molecule has 1 fully saturated rings. The predicted molar refractivity (Wildman–Crippen MR) is 99.7 cm³/mol. The highest BCUT2D eigenvalue weighted by atomic mass is 32.2. The minimum absolute atomic E-state index is 0.0194. The van der Waals surface area contributed by atoms with Crippen LogP contribution in [0.4, 0.5) is 5.69 Å². The second kappa shape index (κ2) is 8.47. The number of nitrogens with one attached hydrogen (secondary N) is 2. The Labute approximate surface area is 155 Å². The number of amides is 1. The minimum Gasteiger partial charge on any atom is -0.379 e. The average molecular weight is 381 g/mol. The summed E-state index contributed by atoms with van der Waals surface area (Å²) in [5.41, 5.74) is 1.59. The number of anilines is 1. The number of ether oxygens (including phenoxy) is 1. The Balaban J connectivity index is 1.72. The van der Waals surface area contributed by atoms with Crippen LogP contribution in [-0.4, -0.2) is 58.1 Å². The van der Waals surface area contributed by atoms with E-state index in [9.17, 15) is 13.2 Å². The van der Waals surface area contributed by atoms with Crippen LogP contribution in [0.1, 0.15) is 31.7 Å². The number of aryl methyl sites for hydroxylation is 1. The third-order valence-corrected chi connectivity index (χ3v) is 6.43. The summed E-state index contributed by atoms with van der Waals surface area (Å²) >= 11 is 0. The van der Waals surface area contributed by atoms with Crippen molar-refractivity contribution in [2.75, 3.05) is 38.2 Å². The standard InChI is InChI=1S/C18H27N3O4S/c1-2-15(13-21-8-10-25-11-9-21)20-26(23,24)16-6-7-17-14(12-16)4-3-5-18(22)19-17/h6-7,12,15,20H,2-5,8-11,13H2,1H3,(H,19,22)/t15-/m0/s1. The first-order valence-corrected chi connectivity index (χ1v) is 10.7. The normalized spacial score (nSPS) is 20.1. The molecule has 0 saturated carbocycles. The molecule has 1 atom stereocenters. The van der Waals surface area contributed by atoms with Crippen LogP contribution in [0.25, 0.3) is 0 Å². The van der Waals surface area contributed by atoms with E-state index in [1.807, 2.05) is 6.92 Å². The molecular weight excluding hydrogens is 354 g/mol. The van der Waals surface area contributed by atoms with Gasteiger partial charge in [0.15, 0.2) is 0 Å². The molecular formula is C18H27N3O4S. The van der Waals surface area contributed by atoms with Gasteiger partial charge in [0, 0.05) is 37.8 Å². The first-order valence-electron chi connectivity index (χ1n) is 9.23. The number of carbonyl (C=O) groups is 1. The van der Waals surface area contributed by atoms with Gasteiger partial charge in [-0.25, -0.2) is 13.1 Å². The van der Waals surface area contributed by atoms with Crippen LogP contribution < -0.4 is 10.0 Å². The molecule has 1 aromatic rings. The predicted octanol–water partition coefficient (Wildman–Crippen LogP) is 1.35. The van der Waals surface area contributed by atoms with Gasteiger partial charge in [-0.2, -0.15) is 0 Å². The van der Waals surface area contributed by atoms with Gasteiger partial charge in [-0.05, 0) is 43.0 Å². The van der Waals surface area contributed by atoms with E-state index in [0.29, 0.717) is 38.3 Å². The lowest BCUT2D eigenvalue weighted by molar-refractivity contribution is -0.116. The van der Waals surface area contributed by atoms with Gasteiger partial charge in [0.1, 0.15) is 0 Å². The Morgan fingerprint density at radius 2 is 2.04 bits per heavy atom. The number of hydrogen-bond acceptors (Lipinski definition) is 5. The Hall–Kier alpha value is -1.48. The van der Waals surface area contributed by atoms with Crippen molar-refractivity contribution < 1.29 is 17.9 Å². The SMILES string of the molecule is CC[C@@H](CN1CCOCC1)NS(=O)(=O)c1ccc2c(c1)CCCC(=O)N2. The lowest BCUT2D eigenvalue weighted by Gasteiger charge is -2.30. The fourth-order valence-corrected chi connectivity index (χ4v) is 4.71. The van der Waals surface area contributed by atoms with E-state index >= 15 is 0 Å². The van der Waals surface area contributed by atoms with E-state index in [1.54, 1.807) is 18.2 Å². The van der Waals surface area contributed by atoms with Crippen LogP contribution in [0.15, 0.2) is 23.1 Å². The summed E-state index contributed by atoms with van der Waals surface area (Å²) in [4.78, 5) is 14.1. The first-order chi connectivity index (χ1) is 12.5. The zero-order chi connectivity index (χ0) is 18.6. The maximum Gasteiger partial charge on any atom is 0.240 e. The molecule has 3 rings (SSSR count). The molecule has 0 aromatic heterocycles. The summed E-state index contributed by atoms with van der Waals surface area (Å²) in [5.74, 6) is -0.0194. The van der Waals surface area contributed by atoms with Crippen LogP contribution in [-0.2, 0) is 26.0 Å². The van der Waals surface area contributed by atoms with Crippen molar-refractivity contribution in [3.05, 3.63) is 23.8 Å². The molecule has 7 nitrogen and oxygen atoms in total. The lowest BCUT2D eigenvalue weighted by atomic mass is 10.1.